The summed E-state index contributed by atoms with van der Waals surface area (Å²) < 4.78 is 27.6. The Labute approximate surface area is 262 Å². The SMILES string of the molecule is CN(CC(=O)N(Cc1ccc(Cl)cc1Cl)[C@H](Cc1ccccc1)C(=O)NC1CCCCC1)S(=O)(=O)c1ccc(Cl)cc1. The molecule has 3 aromatic rings. The first kappa shape index (κ1) is 32.3. The van der Waals surface area contributed by atoms with E-state index < -0.39 is 28.5 Å². The summed E-state index contributed by atoms with van der Waals surface area (Å²) in [4.78, 5) is 29.4. The van der Waals surface area contributed by atoms with Gasteiger partial charge in [-0.2, -0.15) is 4.31 Å². The average molecular weight is 651 g/mol. The van der Waals surface area contributed by atoms with Crippen LogP contribution < -0.4 is 5.32 Å². The molecule has 1 atom stereocenters. The van der Waals surface area contributed by atoms with Crippen molar-refractivity contribution in [3.63, 3.8) is 0 Å². The molecular weight excluding hydrogens is 617 g/mol. The average Bonchev–Trinajstić information content (AvgIpc) is 2.97. The fourth-order valence-electron chi connectivity index (χ4n) is 5.08. The topological polar surface area (TPSA) is 86.8 Å². The van der Waals surface area contributed by atoms with Crippen LogP contribution in [0.1, 0.15) is 43.2 Å². The predicted octanol–water partition coefficient (Wildman–Crippen LogP) is 6.36. The van der Waals surface area contributed by atoms with Crippen LogP contribution in [0.15, 0.2) is 77.7 Å². The number of hydrogen-bond acceptors (Lipinski definition) is 4. The lowest BCUT2D eigenvalue weighted by molar-refractivity contribution is -0.141. The third-order valence-electron chi connectivity index (χ3n) is 7.46. The molecule has 1 fully saturated rings. The number of rotatable bonds is 11. The Bertz CT molecular complexity index is 1480. The van der Waals surface area contributed by atoms with Crippen molar-refractivity contribution in [3.8, 4) is 0 Å². The first-order valence-electron chi connectivity index (χ1n) is 13.8. The molecule has 0 spiro atoms. The van der Waals surface area contributed by atoms with Gasteiger partial charge >= 0.3 is 0 Å². The van der Waals surface area contributed by atoms with Gasteiger partial charge in [-0.05, 0) is 60.4 Å². The molecule has 0 aliphatic heterocycles. The molecule has 0 bridgehead atoms. The Kier molecular flexibility index (Phi) is 11.3. The van der Waals surface area contributed by atoms with E-state index in [0.717, 1.165) is 42.0 Å². The molecule has 0 unspecified atom stereocenters. The van der Waals surface area contributed by atoms with E-state index >= 15 is 0 Å². The van der Waals surface area contributed by atoms with Gasteiger partial charge in [0.2, 0.25) is 21.8 Å². The van der Waals surface area contributed by atoms with Crippen molar-refractivity contribution in [2.24, 2.45) is 0 Å². The summed E-state index contributed by atoms with van der Waals surface area (Å²) in [6.45, 7) is -0.503. The molecule has 1 aliphatic carbocycles. The number of carbonyl (C=O) groups excluding carboxylic acids is 2. The standard InChI is InChI=1S/C31H34Cl3N3O4S/c1-36(42(40,41)27-16-14-24(32)15-17-27)21-30(38)37(20-23-12-13-25(33)19-28(23)34)29(18-22-8-4-2-5-9-22)31(39)35-26-10-6-3-7-11-26/h2,4-5,8-9,12-17,19,26,29H,3,6-7,10-11,18,20-21H2,1H3,(H,35,39)/t29-/m1/s1. The largest absolute Gasteiger partial charge is 0.352 e. The Morgan fingerprint density at radius 2 is 1.55 bits per heavy atom. The third kappa shape index (κ3) is 8.48. The minimum Gasteiger partial charge on any atom is -0.352 e. The highest BCUT2D eigenvalue weighted by Gasteiger charge is 2.34. The first-order chi connectivity index (χ1) is 20.0. The summed E-state index contributed by atoms with van der Waals surface area (Å²) in [5.41, 5.74) is 1.45. The van der Waals surface area contributed by atoms with Gasteiger partial charge in [-0.15, -0.1) is 0 Å². The third-order valence-corrected chi connectivity index (χ3v) is 10.1. The van der Waals surface area contributed by atoms with E-state index in [9.17, 15) is 18.0 Å². The van der Waals surface area contributed by atoms with E-state index in [-0.39, 0.29) is 29.8 Å². The number of likely N-dealkylation sites (N-methyl/N-ethyl adjacent to an activating group) is 1. The van der Waals surface area contributed by atoms with Crippen LogP contribution in [0.3, 0.4) is 0 Å². The molecule has 0 aromatic heterocycles. The number of benzene rings is 3. The summed E-state index contributed by atoms with van der Waals surface area (Å²) in [6, 6.07) is 19.2. The maximum atomic E-state index is 14.0. The van der Waals surface area contributed by atoms with Crippen molar-refractivity contribution in [2.75, 3.05) is 13.6 Å². The molecule has 7 nitrogen and oxygen atoms in total. The minimum absolute atomic E-state index is 0.00497. The second-order valence-corrected chi connectivity index (χ2v) is 13.8. The smallest absolute Gasteiger partial charge is 0.243 e. The summed E-state index contributed by atoms with van der Waals surface area (Å²) in [7, 11) is -2.68. The van der Waals surface area contributed by atoms with Crippen LogP contribution in [-0.4, -0.2) is 55.1 Å². The Morgan fingerprint density at radius 1 is 0.905 bits per heavy atom. The molecule has 224 valence electrons. The van der Waals surface area contributed by atoms with Crippen molar-refractivity contribution in [3.05, 3.63) is 99.0 Å². The lowest BCUT2D eigenvalue weighted by Crippen LogP contribution is -2.54. The molecular formula is C31H34Cl3N3O4S. The van der Waals surface area contributed by atoms with Crippen LogP contribution in [0.25, 0.3) is 0 Å². The van der Waals surface area contributed by atoms with Gasteiger partial charge in [0.25, 0.3) is 0 Å². The zero-order valence-electron chi connectivity index (χ0n) is 23.3. The molecule has 3 aromatic carbocycles. The molecule has 11 heteroatoms. The second-order valence-electron chi connectivity index (χ2n) is 10.5. The fraction of sp³-hybridized carbons (Fsp3) is 0.355. The molecule has 42 heavy (non-hydrogen) atoms. The van der Waals surface area contributed by atoms with E-state index in [1.807, 2.05) is 30.3 Å². The normalized spacial score (nSPS) is 14.9. The van der Waals surface area contributed by atoms with E-state index in [1.165, 1.54) is 36.2 Å². The maximum Gasteiger partial charge on any atom is 0.243 e. The van der Waals surface area contributed by atoms with Crippen molar-refractivity contribution in [2.45, 2.75) is 62.0 Å². The van der Waals surface area contributed by atoms with Crippen molar-refractivity contribution < 1.29 is 18.0 Å². The van der Waals surface area contributed by atoms with Crippen molar-refractivity contribution in [1.82, 2.24) is 14.5 Å². The number of hydrogen-bond donors (Lipinski definition) is 1. The molecule has 0 heterocycles. The molecule has 2 amide bonds. The fourth-order valence-corrected chi connectivity index (χ4v) is 6.80. The molecule has 1 N–H and O–H groups in total. The summed E-state index contributed by atoms with van der Waals surface area (Å²) >= 11 is 18.6. The van der Waals surface area contributed by atoms with Gasteiger partial charge in [-0.3, -0.25) is 9.59 Å². The van der Waals surface area contributed by atoms with E-state index in [1.54, 1.807) is 18.2 Å². The van der Waals surface area contributed by atoms with Gasteiger partial charge in [0.05, 0.1) is 11.4 Å². The maximum absolute atomic E-state index is 14.0. The highest BCUT2D eigenvalue weighted by atomic mass is 35.5. The van der Waals surface area contributed by atoms with Crippen LogP contribution in [0.5, 0.6) is 0 Å². The zero-order valence-corrected chi connectivity index (χ0v) is 26.4. The summed E-state index contributed by atoms with van der Waals surface area (Å²) in [6.07, 6.45) is 5.19. The van der Waals surface area contributed by atoms with Gasteiger partial charge in [-0.25, -0.2) is 8.42 Å². The molecule has 1 aliphatic rings. The summed E-state index contributed by atoms with van der Waals surface area (Å²) in [5, 5.41) is 4.34. The number of nitrogens with one attached hydrogen (secondary N) is 1. The second kappa shape index (κ2) is 14.7. The van der Waals surface area contributed by atoms with E-state index in [2.05, 4.69) is 5.32 Å². The quantitative estimate of drug-likeness (QED) is 0.262. The van der Waals surface area contributed by atoms with Gasteiger partial charge in [0.15, 0.2) is 0 Å². The highest BCUT2D eigenvalue weighted by molar-refractivity contribution is 7.89. The Hall–Kier alpha value is -2.62. The molecule has 0 radical (unpaired) electrons. The predicted molar refractivity (Wildman–Crippen MR) is 167 cm³/mol. The number of carbonyl (C=O) groups is 2. The Morgan fingerprint density at radius 3 is 2.19 bits per heavy atom. The lowest BCUT2D eigenvalue weighted by Gasteiger charge is -2.34. The zero-order chi connectivity index (χ0) is 30.3. The summed E-state index contributed by atoms with van der Waals surface area (Å²) in [5.74, 6) is -0.826. The molecule has 1 saturated carbocycles. The number of nitrogens with zero attached hydrogens (tertiary/aromatic N) is 2. The number of sulfonamides is 1. The van der Waals surface area contributed by atoms with Crippen molar-refractivity contribution in [1.29, 1.82) is 0 Å². The van der Waals surface area contributed by atoms with Crippen molar-refractivity contribution >= 4 is 56.6 Å². The number of halogens is 3. The van der Waals surface area contributed by atoms with Crippen LogP contribution >= 0.6 is 34.8 Å². The van der Waals surface area contributed by atoms with E-state index in [0.29, 0.717) is 20.6 Å². The van der Waals surface area contributed by atoms with Crippen LogP contribution in [0, 0.1) is 0 Å². The molecule has 0 saturated heterocycles. The van der Waals surface area contributed by atoms with E-state index in [4.69, 9.17) is 34.8 Å². The monoisotopic (exact) mass is 649 g/mol. The van der Waals surface area contributed by atoms with Crippen LogP contribution in [0.4, 0.5) is 0 Å². The van der Waals surface area contributed by atoms with Gasteiger partial charge in [0.1, 0.15) is 6.04 Å². The van der Waals surface area contributed by atoms with Crippen LogP contribution in [-0.2, 0) is 32.6 Å². The number of amides is 2. The molecule has 4 rings (SSSR count). The van der Waals surface area contributed by atoms with Gasteiger partial charge in [-0.1, -0.05) is 90.5 Å². The first-order valence-corrected chi connectivity index (χ1v) is 16.4. The minimum atomic E-state index is -4.02. The lowest BCUT2D eigenvalue weighted by atomic mass is 9.94. The van der Waals surface area contributed by atoms with Gasteiger partial charge in [0, 0.05) is 41.1 Å². The van der Waals surface area contributed by atoms with Crippen LogP contribution in [0.2, 0.25) is 15.1 Å². The highest BCUT2D eigenvalue weighted by Crippen LogP contribution is 2.25. The Balaban J connectivity index is 1.68. The van der Waals surface area contributed by atoms with Gasteiger partial charge < -0.3 is 10.2 Å².